The van der Waals surface area contributed by atoms with E-state index in [1.165, 1.54) is 24.3 Å². The van der Waals surface area contributed by atoms with Crippen molar-refractivity contribution in [3.8, 4) is 11.5 Å². The van der Waals surface area contributed by atoms with Crippen molar-refractivity contribution in [3.63, 3.8) is 0 Å². The number of hydrogen-bond acceptors (Lipinski definition) is 4. The normalized spacial score (nSPS) is 15.1. The average molecular weight is 386 g/mol. The van der Waals surface area contributed by atoms with Crippen molar-refractivity contribution in [2.24, 2.45) is 5.92 Å². The maximum absolute atomic E-state index is 12.9. The smallest absolute Gasteiger partial charge is 0.251 e. The highest BCUT2D eigenvalue weighted by molar-refractivity contribution is 5.94. The molecule has 1 aliphatic rings. The van der Waals surface area contributed by atoms with Crippen LogP contribution in [-0.2, 0) is 11.2 Å². The van der Waals surface area contributed by atoms with Gasteiger partial charge < -0.3 is 20.1 Å². The van der Waals surface area contributed by atoms with Gasteiger partial charge >= 0.3 is 0 Å². The number of methoxy groups -OCH3 is 1. The van der Waals surface area contributed by atoms with Crippen LogP contribution in [0.15, 0.2) is 42.5 Å². The molecule has 0 bridgehead atoms. The molecule has 0 aliphatic carbocycles. The van der Waals surface area contributed by atoms with Crippen molar-refractivity contribution in [3.05, 3.63) is 59.4 Å². The highest BCUT2D eigenvalue weighted by Crippen LogP contribution is 2.35. The Morgan fingerprint density at radius 1 is 1.18 bits per heavy atom. The van der Waals surface area contributed by atoms with Crippen molar-refractivity contribution in [1.82, 2.24) is 10.6 Å². The summed E-state index contributed by atoms with van der Waals surface area (Å²) in [6.45, 7) is 1.22. The minimum Gasteiger partial charge on any atom is -0.493 e. The van der Waals surface area contributed by atoms with Gasteiger partial charge in [0.05, 0.1) is 13.7 Å². The fourth-order valence-corrected chi connectivity index (χ4v) is 3.09. The van der Waals surface area contributed by atoms with Gasteiger partial charge in [-0.3, -0.25) is 9.59 Å². The highest BCUT2D eigenvalue weighted by atomic mass is 19.1. The summed E-state index contributed by atoms with van der Waals surface area (Å²) in [6, 6.07) is 11.0. The molecule has 2 aromatic rings. The average Bonchev–Trinajstić information content (AvgIpc) is 2.72. The lowest BCUT2D eigenvalue weighted by molar-refractivity contribution is -0.121. The molecule has 3 rings (SSSR count). The van der Waals surface area contributed by atoms with Gasteiger partial charge in [-0.2, -0.15) is 0 Å². The number of halogens is 1. The molecule has 1 aliphatic heterocycles. The Balaban J connectivity index is 1.39. The zero-order chi connectivity index (χ0) is 19.9. The molecule has 2 N–H and O–H groups in total. The van der Waals surface area contributed by atoms with Gasteiger partial charge in [0.1, 0.15) is 5.82 Å². The van der Waals surface area contributed by atoms with Crippen LogP contribution in [-0.4, -0.2) is 38.6 Å². The monoisotopic (exact) mass is 386 g/mol. The number of fused-ring (bicyclic) bond motifs is 1. The van der Waals surface area contributed by atoms with Gasteiger partial charge in [-0.25, -0.2) is 4.39 Å². The third-order valence-electron chi connectivity index (χ3n) is 4.58. The number of rotatable bonds is 7. The molecule has 0 aromatic heterocycles. The summed E-state index contributed by atoms with van der Waals surface area (Å²) < 4.78 is 24.0. The van der Waals surface area contributed by atoms with Crippen LogP contribution in [0, 0.1) is 11.7 Å². The Morgan fingerprint density at radius 2 is 1.96 bits per heavy atom. The van der Waals surface area contributed by atoms with E-state index < -0.39 is 5.82 Å². The quantitative estimate of drug-likeness (QED) is 0.766. The van der Waals surface area contributed by atoms with E-state index in [2.05, 4.69) is 10.6 Å². The molecule has 6 nitrogen and oxygen atoms in total. The molecule has 0 fully saturated rings. The first-order valence-corrected chi connectivity index (χ1v) is 9.16. The molecule has 2 aromatic carbocycles. The van der Waals surface area contributed by atoms with Crippen molar-refractivity contribution >= 4 is 11.8 Å². The number of hydrogen-bond donors (Lipinski definition) is 2. The minimum absolute atomic E-state index is 0.143. The van der Waals surface area contributed by atoms with Crippen molar-refractivity contribution in [2.75, 3.05) is 26.8 Å². The van der Waals surface area contributed by atoms with Crippen LogP contribution in [0.25, 0.3) is 0 Å². The van der Waals surface area contributed by atoms with Crippen LogP contribution < -0.4 is 20.1 Å². The Kier molecular flexibility index (Phi) is 6.47. The summed E-state index contributed by atoms with van der Waals surface area (Å²) in [6.07, 6.45) is 0.971. The van der Waals surface area contributed by atoms with E-state index in [9.17, 15) is 14.0 Å². The first kappa shape index (κ1) is 19.7. The number of amides is 2. The van der Waals surface area contributed by atoms with Crippen molar-refractivity contribution in [1.29, 1.82) is 0 Å². The molecule has 0 saturated heterocycles. The van der Waals surface area contributed by atoms with E-state index in [1.54, 1.807) is 7.11 Å². The SMILES string of the molecule is COc1cccc2c1OC[C@@H](CNC(=O)CCNC(=O)c1ccc(F)cc1)C2. The Labute approximate surface area is 163 Å². The van der Waals surface area contributed by atoms with E-state index in [-0.39, 0.29) is 30.7 Å². The number of carbonyl (C=O) groups is 2. The molecule has 148 valence electrons. The predicted octanol–water partition coefficient (Wildman–Crippen LogP) is 2.32. The maximum atomic E-state index is 12.9. The van der Waals surface area contributed by atoms with Gasteiger partial charge in [0.25, 0.3) is 5.91 Å². The molecule has 28 heavy (non-hydrogen) atoms. The second-order valence-corrected chi connectivity index (χ2v) is 6.65. The summed E-state index contributed by atoms with van der Waals surface area (Å²) >= 11 is 0. The molecule has 2 amide bonds. The maximum Gasteiger partial charge on any atom is 0.251 e. The minimum atomic E-state index is -0.399. The summed E-state index contributed by atoms with van der Waals surface area (Å²) in [5, 5.41) is 5.53. The lowest BCUT2D eigenvalue weighted by Gasteiger charge is -2.26. The van der Waals surface area contributed by atoms with Gasteiger partial charge in [-0.1, -0.05) is 12.1 Å². The third-order valence-corrected chi connectivity index (χ3v) is 4.58. The molecule has 0 saturated carbocycles. The van der Waals surface area contributed by atoms with Crippen LogP contribution in [0.1, 0.15) is 22.3 Å². The first-order chi connectivity index (χ1) is 13.6. The fraction of sp³-hybridized carbons (Fsp3) is 0.333. The molecule has 0 radical (unpaired) electrons. The molecule has 7 heteroatoms. The molecule has 1 heterocycles. The first-order valence-electron chi connectivity index (χ1n) is 9.16. The fourth-order valence-electron chi connectivity index (χ4n) is 3.09. The topological polar surface area (TPSA) is 76.7 Å². The van der Waals surface area contributed by atoms with Gasteiger partial charge in [0.2, 0.25) is 5.91 Å². The van der Waals surface area contributed by atoms with Crippen LogP contribution in [0.4, 0.5) is 4.39 Å². The van der Waals surface area contributed by atoms with Gasteiger partial charge in [-0.05, 0) is 42.3 Å². The third kappa shape index (κ3) is 5.00. The number of benzene rings is 2. The number of carbonyl (C=O) groups excluding carboxylic acids is 2. The second-order valence-electron chi connectivity index (χ2n) is 6.65. The largest absolute Gasteiger partial charge is 0.493 e. The number of ether oxygens (including phenoxy) is 2. The van der Waals surface area contributed by atoms with Gasteiger partial charge in [-0.15, -0.1) is 0 Å². The zero-order valence-electron chi connectivity index (χ0n) is 15.7. The van der Waals surface area contributed by atoms with Crippen molar-refractivity contribution < 1.29 is 23.5 Å². The van der Waals surface area contributed by atoms with Crippen LogP contribution in [0.2, 0.25) is 0 Å². The van der Waals surface area contributed by atoms with Gasteiger partial charge in [0, 0.05) is 31.0 Å². The zero-order valence-corrected chi connectivity index (χ0v) is 15.7. The predicted molar refractivity (Wildman–Crippen MR) is 102 cm³/mol. The van der Waals surface area contributed by atoms with Crippen LogP contribution in [0.5, 0.6) is 11.5 Å². The van der Waals surface area contributed by atoms with E-state index in [0.29, 0.717) is 18.7 Å². The van der Waals surface area contributed by atoms with E-state index in [1.807, 2.05) is 18.2 Å². The lowest BCUT2D eigenvalue weighted by Crippen LogP contribution is -2.36. The molecular weight excluding hydrogens is 363 g/mol. The van der Waals surface area contributed by atoms with E-state index in [4.69, 9.17) is 9.47 Å². The number of nitrogens with one attached hydrogen (secondary N) is 2. The highest BCUT2D eigenvalue weighted by Gasteiger charge is 2.23. The van der Waals surface area contributed by atoms with E-state index in [0.717, 1.165) is 23.5 Å². The number of para-hydroxylation sites is 1. The van der Waals surface area contributed by atoms with Crippen LogP contribution in [0.3, 0.4) is 0 Å². The summed E-state index contributed by atoms with van der Waals surface area (Å²) in [4.78, 5) is 23.9. The standard InChI is InChI=1S/C21H23FN2O4/c1-27-18-4-2-3-16-11-14(13-28-20(16)18)12-24-19(25)9-10-23-21(26)15-5-7-17(22)8-6-15/h2-8,14H,9-13H2,1H3,(H,23,26)(H,24,25)/t14-/m1/s1. The Bertz CT molecular complexity index is 839. The second kappa shape index (κ2) is 9.21. The molecular formula is C21H23FN2O4. The van der Waals surface area contributed by atoms with E-state index >= 15 is 0 Å². The molecule has 1 atom stereocenters. The molecule has 0 spiro atoms. The Morgan fingerprint density at radius 3 is 2.71 bits per heavy atom. The van der Waals surface area contributed by atoms with Crippen LogP contribution >= 0.6 is 0 Å². The molecule has 0 unspecified atom stereocenters. The summed E-state index contributed by atoms with van der Waals surface area (Å²) in [7, 11) is 1.61. The van der Waals surface area contributed by atoms with Crippen molar-refractivity contribution in [2.45, 2.75) is 12.8 Å². The summed E-state index contributed by atoms with van der Waals surface area (Å²) in [5.41, 5.74) is 1.42. The lowest BCUT2D eigenvalue weighted by atomic mass is 9.96. The summed E-state index contributed by atoms with van der Waals surface area (Å²) in [5.74, 6) is 0.795. The Hall–Kier alpha value is -3.09. The van der Waals surface area contributed by atoms with Gasteiger partial charge in [0.15, 0.2) is 11.5 Å².